The number of para-hydroxylation sites is 1. The molecule has 1 N–H and O–H groups in total. The quantitative estimate of drug-likeness (QED) is 0.396. The molecule has 0 bridgehead atoms. The van der Waals surface area contributed by atoms with E-state index in [1.165, 1.54) is 0 Å². The molecular weight excluding hydrogens is 445 g/mol. The topological polar surface area (TPSA) is 64.7 Å². The average molecular weight is 468 g/mol. The van der Waals surface area contributed by atoms with Gasteiger partial charge in [-0.15, -0.1) is 0 Å². The fourth-order valence-corrected chi connectivity index (χ4v) is 4.28. The Kier molecular flexibility index (Phi) is 6.09. The van der Waals surface area contributed by atoms with E-state index in [1.54, 1.807) is 16.8 Å². The summed E-state index contributed by atoms with van der Waals surface area (Å²) < 4.78 is 3.61. The van der Waals surface area contributed by atoms with Gasteiger partial charge in [0.2, 0.25) is 0 Å². The molecular formula is C24H23Cl2N5O. The van der Waals surface area contributed by atoms with E-state index in [0.29, 0.717) is 33.5 Å². The van der Waals surface area contributed by atoms with Gasteiger partial charge in [-0.2, -0.15) is 10.2 Å². The van der Waals surface area contributed by atoms with Crippen molar-refractivity contribution in [2.24, 2.45) is 0 Å². The lowest BCUT2D eigenvalue weighted by molar-refractivity contribution is 0.102. The van der Waals surface area contributed by atoms with Crippen molar-refractivity contribution in [3.8, 4) is 5.69 Å². The summed E-state index contributed by atoms with van der Waals surface area (Å²) in [6.07, 6.45) is 0. The first-order chi connectivity index (χ1) is 15.3. The van der Waals surface area contributed by atoms with E-state index < -0.39 is 0 Å². The van der Waals surface area contributed by atoms with Gasteiger partial charge in [-0.05, 0) is 57.5 Å². The summed E-state index contributed by atoms with van der Waals surface area (Å²) in [5, 5.41) is 13.4. The normalized spacial score (nSPS) is 11.1. The Balaban J connectivity index is 1.61. The molecule has 2 aromatic heterocycles. The smallest absolute Gasteiger partial charge is 0.259 e. The molecule has 0 unspecified atom stereocenters. The summed E-state index contributed by atoms with van der Waals surface area (Å²) in [6, 6.07) is 15.1. The molecule has 164 valence electrons. The van der Waals surface area contributed by atoms with Crippen molar-refractivity contribution < 1.29 is 4.79 Å². The number of halogens is 2. The van der Waals surface area contributed by atoms with Gasteiger partial charge in [-0.1, -0.05) is 47.5 Å². The lowest BCUT2D eigenvalue weighted by atomic mass is 10.1. The predicted octanol–water partition coefficient (Wildman–Crippen LogP) is 5.91. The lowest BCUT2D eigenvalue weighted by Crippen LogP contribution is -2.15. The first kappa shape index (κ1) is 22.1. The second kappa shape index (κ2) is 8.81. The summed E-state index contributed by atoms with van der Waals surface area (Å²) in [5.74, 6) is -0.211. The maximum Gasteiger partial charge on any atom is 0.259 e. The van der Waals surface area contributed by atoms with Crippen LogP contribution in [0, 0.1) is 27.7 Å². The summed E-state index contributed by atoms with van der Waals surface area (Å²) >= 11 is 12.3. The van der Waals surface area contributed by atoms with E-state index in [4.69, 9.17) is 23.2 Å². The molecule has 0 atom stereocenters. The van der Waals surface area contributed by atoms with Gasteiger partial charge in [0.1, 0.15) is 0 Å². The highest BCUT2D eigenvalue weighted by Crippen LogP contribution is 2.26. The van der Waals surface area contributed by atoms with E-state index >= 15 is 0 Å². The van der Waals surface area contributed by atoms with Crippen molar-refractivity contribution >= 4 is 34.8 Å². The molecule has 6 nitrogen and oxygen atoms in total. The number of carbonyl (C=O) groups excluding carboxylic acids is 1. The standard InChI is InChI=1S/C24H23Cl2N5O/c1-14-22(16(3)31(29-14)20-8-6-5-7-9-20)24(32)27-23-15(2)28-30(17(23)4)13-18-10-11-19(25)12-21(18)26/h5-12H,13H2,1-4H3,(H,27,32). The highest BCUT2D eigenvalue weighted by atomic mass is 35.5. The lowest BCUT2D eigenvalue weighted by Gasteiger charge is -2.09. The number of amides is 1. The highest BCUT2D eigenvalue weighted by molar-refractivity contribution is 6.35. The van der Waals surface area contributed by atoms with Crippen LogP contribution in [0.25, 0.3) is 5.69 Å². The van der Waals surface area contributed by atoms with Gasteiger partial charge in [-0.3, -0.25) is 9.48 Å². The Morgan fingerprint density at radius 2 is 1.66 bits per heavy atom. The van der Waals surface area contributed by atoms with E-state index in [-0.39, 0.29) is 5.91 Å². The van der Waals surface area contributed by atoms with E-state index in [1.807, 2.05) is 68.8 Å². The minimum atomic E-state index is -0.211. The Morgan fingerprint density at radius 1 is 0.938 bits per heavy atom. The molecule has 4 rings (SSSR count). The van der Waals surface area contributed by atoms with Gasteiger partial charge < -0.3 is 5.32 Å². The van der Waals surface area contributed by atoms with Gasteiger partial charge in [0, 0.05) is 10.0 Å². The van der Waals surface area contributed by atoms with Crippen LogP contribution in [0.15, 0.2) is 48.5 Å². The summed E-state index contributed by atoms with van der Waals surface area (Å²) in [5.41, 5.74) is 6.07. The van der Waals surface area contributed by atoms with Gasteiger partial charge >= 0.3 is 0 Å². The number of hydrogen-bond acceptors (Lipinski definition) is 3. The maximum absolute atomic E-state index is 13.2. The minimum absolute atomic E-state index is 0.211. The van der Waals surface area contributed by atoms with Crippen LogP contribution in [-0.2, 0) is 6.54 Å². The maximum atomic E-state index is 13.2. The molecule has 0 aliphatic carbocycles. The Labute approximate surface area is 196 Å². The zero-order chi connectivity index (χ0) is 23.0. The van der Waals surface area contributed by atoms with E-state index in [0.717, 1.165) is 28.3 Å². The van der Waals surface area contributed by atoms with E-state index in [2.05, 4.69) is 15.5 Å². The molecule has 0 aliphatic rings. The van der Waals surface area contributed by atoms with Crippen molar-refractivity contribution in [1.82, 2.24) is 19.6 Å². The molecule has 0 spiro atoms. The predicted molar refractivity (Wildman–Crippen MR) is 128 cm³/mol. The van der Waals surface area contributed by atoms with Crippen molar-refractivity contribution in [1.29, 1.82) is 0 Å². The SMILES string of the molecule is Cc1nn(Cc2ccc(Cl)cc2Cl)c(C)c1NC(=O)c1c(C)nn(-c2ccccc2)c1C. The Bertz CT molecular complexity index is 1310. The van der Waals surface area contributed by atoms with E-state index in [9.17, 15) is 4.79 Å². The first-order valence-corrected chi connectivity index (χ1v) is 10.9. The van der Waals surface area contributed by atoms with Crippen molar-refractivity contribution in [2.75, 3.05) is 5.32 Å². The van der Waals surface area contributed by atoms with Gasteiger partial charge in [0.15, 0.2) is 0 Å². The second-order valence-corrected chi connectivity index (χ2v) is 8.53. The number of anilines is 1. The molecule has 4 aromatic rings. The number of rotatable bonds is 5. The van der Waals surface area contributed by atoms with Crippen LogP contribution in [-0.4, -0.2) is 25.5 Å². The van der Waals surface area contributed by atoms with Crippen LogP contribution in [0.1, 0.15) is 38.7 Å². The summed E-state index contributed by atoms with van der Waals surface area (Å²) in [6.45, 7) is 8.01. The van der Waals surface area contributed by atoms with Crippen LogP contribution in [0.5, 0.6) is 0 Å². The summed E-state index contributed by atoms with van der Waals surface area (Å²) in [7, 11) is 0. The molecule has 0 saturated carbocycles. The molecule has 8 heteroatoms. The van der Waals surface area contributed by atoms with Crippen LogP contribution < -0.4 is 5.32 Å². The Morgan fingerprint density at radius 3 is 2.34 bits per heavy atom. The largest absolute Gasteiger partial charge is 0.319 e. The number of nitrogens with one attached hydrogen (secondary N) is 1. The number of carbonyl (C=O) groups is 1. The molecule has 2 aromatic carbocycles. The van der Waals surface area contributed by atoms with Crippen LogP contribution in [0.4, 0.5) is 5.69 Å². The van der Waals surface area contributed by atoms with Crippen molar-refractivity contribution in [2.45, 2.75) is 34.2 Å². The second-order valence-electron chi connectivity index (χ2n) is 7.69. The van der Waals surface area contributed by atoms with Crippen LogP contribution in [0.3, 0.4) is 0 Å². The zero-order valence-corrected chi connectivity index (χ0v) is 19.8. The molecule has 0 fully saturated rings. The average Bonchev–Trinajstić information content (AvgIpc) is 3.20. The first-order valence-electron chi connectivity index (χ1n) is 10.2. The van der Waals surface area contributed by atoms with Crippen molar-refractivity contribution in [3.05, 3.63) is 92.5 Å². The third kappa shape index (κ3) is 4.16. The third-order valence-corrected chi connectivity index (χ3v) is 6.06. The molecule has 1 amide bonds. The fraction of sp³-hybridized carbons (Fsp3) is 0.208. The number of hydrogen-bond donors (Lipinski definition) is 1. The molecule has 2 heterocycles. The fourth-order valence-electron chi connectivity index (χ4n) is 3.81. The number of aromatic nitrogens is 4. The number of nitrogens with zero attached hydrogens (tertiary/aromatic N) is 4. The van der Waals surface area contributed by atoms with Gasteiger partial charge in [0.05, 0.1) is 46.3 Å². The van der Waals surface area contributed by atoms with Crippen molar-refractivity contribution in [3.63, 3.8) is 0 Å². The molecule has 0 radical (unpaired) electrons. The van der Waals surface area contributed by atoms with Gasteiger partial charge in [0.25, 0.3) is 5.91 Å². The van der Waals surface area contributed by atoms with Crippen LogP contribution >= 0.6 is 23.2 Å². The minimum Gasteiger partial charge on any atom is -0.319 e. The molecule has 32 heavy (non-hydrogen) atoms. The van der Waals surface area contributed by atoms with Crippen LogP contribution in [0.2, 0.25) is 10.0 Å². The highest BCUT2D eigenvalue weighted by Gasteiger charge is 2.22. The molecule has 0 aliphatic heterocycles. The third-order valence-electron chi connectivity index (χ3n) is 5.47. The van der Waals surface area contributed by atoms with Gasteiger partial charge in [-0.25, -0.2) is 4.68 Å². The number of benzene rings is 2. The Hall–Kier alpha value is -3.09. The monoisotopic (exact) mass is 467 g/mol. The zero-order valence-electron chi connectivity index (χ0n) is 18.3. The number of aryl methyl sites for hydroxylation is 2. The molecule has 0 saturated heterocycles. The summed E-state index contributed by atoms with van der Waals surface area (Å²) in [4.78, 5) is 13.2.